The molecule has 0 bridgehead atoms. The molecule has 35 heavy (non-hydrogen) atoms. The zero-order valence-corrected chi connectivity index (χ0v) is 21.5. The Balaban J connectivity index is 1.60. The molecule has 2 heterocycles. The molecule has 2 unspecified atom stereocenters. The Morgan fingerprint density at radius 3 is 2.69 bits per heavy atom. The van der Waals surface area contributed by atoms with Crippen molar-refractivity contribution in [1.82, 2.24) is 9.88 Å². The highest BCUT2D eigenvalue weighted by Gasteiger charge is 2.35. The Morgan fingerprint density at radius 2 is 2.03 bits per heavy atom. The standard InChI is InChI=1S/C29H38N2O4/c1-6-9-21(7-2)15-26(32)16-22-10-8-11-23(14-22)24-17-27(19-30-18-24)34-20-25-12-13-31(25)28(33)35-29(3,4)5/h6-11,14,17-19,25-26,32H,12-13,15-16,20H2,1-5H3. The molecule has 0 saturated carbocycles. The molecule has 1 aliphatic rings. The van der Waals surface area contributed by atoms with Crippen molar-refractivity contribution in [2.45, 2.75) is 71.6 Å². The van der Waals surface area contributed by atoms with Gasteiger partial charge in [0.2, 0.25) is 0 Å². The van der Waals surface area contributed by atoms with Crippen LogP contribution in [0.4, 0.5) is 4.79 Å². The van der Waals surface area contributed by atoms with Gasteiger partial charge in [-0.3, -0.25) is 4.98 Å². The lowest BCUT2D eigenvalue weighted by molar-refractivity contribution is -0.0141. The molecule has 1 fully saturated rings. The third-order valence-electron chi connectivity index (χ3n) is 5.88. The third-order valence-corrected chi connectivity index (χ3v) is 5.88. The second-order valence-electron chi connectivity index (χ2n) is 9.96. The maximum atomic E-state index is 12.3. The molecule has 1 aromatic carbocycles. The molecule has 1 aromatic heterocycles. The fourth-order valence-corrected chi connectivity index (χ4v) is 4.01. The summed E-state index contributed by atoms with van der Waals surface area (Å²) >= 11 is 0. The lowest BCUT2D eigenvalue weighted by Gasteiger charge is -2.40. The fraction of sp³-hybridized carbons (Fsp3) is 0.448. The number of likely N-dealkylation sites (tertiary alicyclic amines) is 1. The van der Waals surface area contributed by atoms with E-state index in [1.807, 2.05) is 83.3 Å². The van der Waals surface area contributed by atoms with Crippen molar-refractivity contribution in [3.05, 3.63) is 72.1 Å². The zero-order valence-electron chi connectivity index (χ0n) is 21.5. The van der Waals surface area contributed by atoms with Gasteiger partial charge in [-0.05, 0) is 71.1 Å². The minimum Gasteiger partial charge on any atom is -0.490 e. The monoisotopic (exact) mass is 478 g/mol. The van der Waals surface area contributed by atoms with Crippen molar-refractivity contribution in [1.29, 1.82) is 0 Å². The number of amides is 1. The minimum atomic E-state index is -0.511. The van der Waals surface area contributed by atoms with Crippen molar-refractivity contribution in [2.75, 3.05) is 13.2 Å². The molecular formula is C29H38N2O4. The van der Waals surface area contributed by atoms with E-state index in [-0.39, 0.29) is 12.1 Å². The van der Waals surface area contributed by atoms with E-state index < -0.39 is 11.7 Å². The van der Waals surface area contributed by atoms with Crippen LogP contribution in [0.3, 0.4) is 0 Å². The fourth-order valence-electron chi connectivity index (χ4n) is 4.01. The van der Waals surface area contributed by atoms with Crippen LogP contribution in [0.15, 0.2) is 66.5 Å². The second kappa shape index (κ2) is 12.0. The second-order valence-corrected chi connectivity index (χ2v) is 9.96. The number of aliphatic hydroxyl groups excluding tert-OH is 1. The van der Waals surface area contributed by atoms with Gasteiger partial charge in [0.25, 0.3) is 0 Å². The third kappa shape index (κ3) is 7.96. The van der Waals surface area contributed by atoms with Gasteiger partial charge in [-0.15, -0.1) is 0 Å². The van der Waals surface area contributed by atoms with Crippen LogP contribution < -0.4 is 4.74 Å². The van der Waals surface area contributed by atoms with E-state index >= 15 is 0 Å². The number of benzene rings is 1. The molecule has 0 radical (unpaired) electrons. The maximum Gasteiger partial charge on any atom is 0.410 e. The summed E-state index contributed by atoms with van der Waals surface area (Å²) in [6.07, 6.45) is 10.9. The van der Waals surface area contributed by atoms with E-state index in [0.717, 1.165) is 28.7 Å². The zero-order chi connectivity index (χ0) is 25.4. The first-order chi connectivity index (χ1) is 16.7. The number of aromatic nitrogens is 1. The van der Waals surface area contributed by atoms with Crippen LogP contribution in [0.25, 0.3) is 11.1 Å². The molecular weight excluding hydrogens is 440 g/mol. The van der Waals surface area contributed by atoms with Crippen LogP contribution in [0.2, 0.25) is 0 Å². The highest BCUT2D eigenvalue weighted by Crippen LogP contribution is 2.26. The van der Waals surface area contributed by atoms with Gasteiger partial charge < -0.3 is 19.5 Å². The predicted octanol–water partition coefficient (Wildman–Crippen LogP) is 5.95. The number of carbonyl (C=O) groups is 1. The lowest BCUT2D eigenvalue weighted by atomic mass is 9.98. The van der Waals surface area contributed by atoms with Gasteiger partial charge in [-0.2, -0.15) is 0 Å². The highest BCUT2D eigenvalue weighted by atomic mass is 16.6. The number of aliphatic hydroxyl groups is 1. The van der Waals surface area contributed by atoms with Gasteiger partial charge >= 0.3 is 6.09 Å². The van der Waals surface area contributed by atoms with Crippen LogP contribution in [0.5, 0.6) is 5.75 Å². The first-order valence-corrected chi connectivity index (χ1v) is 12.3. The number of pyridine rings is 1. The Hall–Kier alpha value is -3.12. The molecule has 0 spiro atoms. The van der Waals surface area contributed by atoms with Gasteiger partial charge in [0.05, 0.1) is 18.3 Å². The summed E-state index contributed by atoms with van der Waals surface area (Å²) < 4.78 is 11.5. The van der Waals surface area contributed by atoms with E-state index in [1.165, 1.54) is 0 Å². The van der Waals surface area contributed by atoms with E-state index in [2.05, 4.69) is 11.1 Å². The van der Waals surface area contributed by atoms with E-state index in [1.54, 1.807) is 11.1 Å². The molecule has 188 valence electrons. The van der Waals surface area contributed by atoms with Crippen molar-refractivity contribution in [3.8, 4) is 16.9 Å². The van der Waals surface area contributed by atoms with Gasteiger partial charge in [-0.1, -0.05) is 48.1 Å². The van der Waals surface area contributed by atoms with Gasteiger partial charge in [-0.25, -0.2) is 4.79 Å². The molecule has 2 atom stereocenters. The number of ether oxygens (including phenoxy) is 2. The average molecular weight is 479 g/mol. The minimum absolute atomic E-state index is 0.00272. The molecule has 1 amide bonds. The largest absolute Gasteiger partial charge is 0.490 e. The molecule has 1 aliphatic heterocycles. The van der Waals surface area contributed by atoms with Crippen molar-refractivity contribution in [3.63, 3.8) is 0 Å². The molecule has 0 aliphatic carbocycles. The Bertz CT molecular complexity index is 1050. The normalized spacial score (nSPS) is 17.3. The number of hydrogen-bond donors (Lipinski definition) is 1. The Morgan fingerprint density at radius 1 is 1.23 bits per heavy atom. The molecule has 6 nitrogen and oxygen atoms in total. The van der Waals surface area contributed by atoms with E-state index in [9.17, 15) is 9.90 Å². The van der Waals surface area contributed by atoms with Gasteiger partial charge in [0.15, 0.2) is 0 Å². The molecule has 1 saturated heterocycles. The summed E-state index contributed by atoms with van der Waals surface area (Å²) in [6, 6.07) is 10.1. The summed E-state index contributed by atoms with van der Waals surface area (Å²) in [4.78, 5) is 18.4. The molecule has 2 aromatic rings. The topological polar surface area (TPSA) is 71.9 Å². The summed E-state index contributed by atoms with van der Waals surface area (Å²) in [6.45, 7) is 10.7. The maximum absolute atomic E-state index is 12.3. The quantitative estimate of drug-likeness (QED) is 0.451. The Labute approximate surface area is 209 Å². The Kier molecular flexibility index (Phi) is 9.10. The SMILES string of the molecule is CC=CC(=CC)CC(O)Cc1cccc(-c2cncc(OCC3CCN3C(=O)OC(C)(C)C)c2)c1. The van der Waals surface area contributed by atoms with Crippen LogP contribution >= 0.6 is 0 Å². The van der Waals surface area contributed by atoms with Crippen molar-refractivity contribution < 1.29 is 19.4 Å². The number of allylic oxidation sites excluding steroid dienone is 3. The highest BCUT2D eigenvalue weighted by molar-refractivity contribution is 5.69. The number of rotatable bonds is 9. The van der Waals surface area contributed by atoms with Crippen LogP contribution in [-0.4, -0.2) is 52.0 Å². The molecule has 3 rings (SSSR count). The van der Waals surface area contributed by atoms with Crippen LogP contribution in [0.1, 0.15) is 53.0 Å². The number of nitrogens with zero attached hydrogens (tertiary/aromatic N) is 2. The number of carbonyl (C=O) groups excluding carboxylic acids is 1. The summed E-state index contributed by atoms with van der Waals surface area (Å²) in [7, 11) is 0. The van der Waals surface area contributed by atoms with Crippen molar-refractivity contribution in [2.24, 2.45) is 0 Å². The van der Waals surface area contributed by atoms with E-state index in [4.69, 9.17) is 9.47 Å². The van der Waals surface area contributed by atoms with Crippen LogP contribution in [0, 0.1) is 0 Å². The molecule has 6 heteroatoms. The first-order valence-electron chi connectivity index (χ1n) is 12.3. The van der Waals surface area contributed by atoms with Gasteiger partial charge in [0, 0.05) is 18.3 Å². The summed E-state index contributed by atoms with van der Waals surface area (Å²) in [5.74, 6) is 0.660. The average Bonchev–Trinajstić information content (AvgIpc) is 2.77. The number of hydrogen-bond acceptors (Lipinski definition) is 5. The first kappa shape index (κ1) is 26.5. The lowest BCUT2D eigenvalue weighted by Crippen LogP contribution is -2.55. The van der Waals surface area contributed by atoms with Crippen LogP contribution in [-0.2, 0) is 11.2 Å². The smallest absolute Gasteiger partial charge is 0.410 e. The summed E-state index contributed by atoms with van der Waals surface area (Å²) in [5.41, 5.74) is 3.65. The van der Waals surface area contributed by atoms with Crippen molar-refractivity contribution >= 4 is 6.09 Å². The predicted molar refractivity (Wildman–Crippen MR) is 139 cm³/mol. The van der Waals surface area contributed by atoms with Gasteiger partial charge in [0.1, 0.15) is 18.0 Å². The summed E-state index contributed by atoms with van der Waals surface area (Å²) in [5, 5.41) is 10.6. The van der Waals surface area contributed by atoms with E-state index in [0.29, 0.717) is 31.7 Å². The molecule has 1 N–H and O–H groups in total.